The Morgan fingerprint density at radius 1 is 1.58 bits per heavy atom. The van der Waals surface area contributed by atoms with Gasteiger partial charge in [0, 0.05) is 12.6 Å². The summed E-state index contributed by atoms with van der Waals surface area (Å²) < 4.78 is 0. The van der Waals surface area contributed by atoms with Gasteiger partial charge >= 0.3 is 0 Å². The molecule has 64 valence electrons. The molecule has 1 heterocycles. The van der Waals surface area contributed by atoms with Crippen LogP contribution in [0.25, 0.3) is 0 Å². The van der Waals surface area contributed by atoms with Crippen molar-refractivity contribution in [1.29, 1.82) is 0 Å². The number of aromatic nitrogens is 2. The van der Waals surface area contributed by atoms with Crippen molar-refractivity contribution in [3.8, 4) is 0 Å². The highest BCUT2D eigenvalue weighted by Gasteiger charge is 2.04. The molecule has 12 heavy (non-hydrogen) atoms. The minimum absolute atomic E-state index is 0.894. The summed E-state index contributed by atoms with van der Waals surface area (Å²) in [4.78, 5) is 10.1. The maximum Gasteiger partial charge on any atom is 0.139 e. The number of hydrogen-bond acceptors (Lipinski definition) is 3. The first kappa shape index (κ1) is 9.14. The number of hydrogen-bond donors (Lipinski definition) is 0. The molecule has 0 aliphatic heterocycles. The lowest BCUT2D eigenvalue weighted by Crippen LogP contribution is -2.15. The molecule has 0 amide bonds. The molecule has 0 aliphatic rings. The number of rotatable bonds is 2. The Morgan fingerprint density at radius 2 is 2.25 bits per heavy atom. The maximum atomic E-state index is 4.14. The van der Waals surface area contributed by atoms with Gasteiger partial charge in [-0.1, -0.05) is 15.8 Å². The van der Waals surface area contributed by atoms with Crippen molar-refractivity contribution in [3.05, 3.63) is 24.7 Å². The summed E-state index contributed by atoms with van der Waals surface area (Å²) in [6, 6.07) is 0. The standard InChI is InChI=1S/C8H12N3P/c1-4-11(3)7-6(2)8(12)10-5-9-7/h4-5H,1,12H2,2-3H3. The molecule has 1 aromatic heterocycles. The predicted octanol–water partition coefficient (Wildman–Crippen LogP) is 0.865. The Balaban J connectivity index is 3.15. The SMILES string of the molecule is C=CN(C)c1ncnc(P)c1C. The summed E-state index contributed by atoms with van der Waals surface area (Å²) in [7, 11) is 4.48. The maximum absolute atomic E-state index is 4.14. The Kier molecular flexibility index (Phi) is 2.77. The Labute approximate surface area is 74.7 Å². The van der Waals surface area contributed by atoms with Gasteiger partial charge in [-0.05, 0) is 13.1 Å². The summed E-state index contributed by atoms with van der Waals surface area (Å²) in [5.41, 5.74) is 1.98. The Morgan fingerprint density at radius 3 is 2.83 bits per heavy atom. The predicted molar refractivity (Wildman–Crippen MR) is 54.7 cm³/mol. The van der Waals surface area contributed by atoms with Crippen LogP contribution in [0.3, 0.4) is 0 Å². The lowest BCUT2D eigenvalue weighted by Gasteiger charge is -2.14. The van der Waals surface area contributed by atoms with Gasteiger partial charge in [-0.15, -0.1) is 0 Å². The third-order valence-corrected chi connectivity index (χ3v) is 2.29. The van der Waals surface area contributed by atoms with E-state index >= 15 is 0 Å². The fourth-order valence-electron chi connectivity index (χ4n) is 0.896. The van der Waals surface area contributed by atoms with E-state index in [-0.39, 0.29) is 0 Å². The Bertz CT molecular complexity index is 298. The molecule has 0 radical (unpaired) electrons. The smallest absolute Gasteiger partial charge is 0.139 e. The summed E-state index contributed by atoms with van der Waals surface area (Å²) in [6.45, 7) is 5.65. The molecule has 0 aliphatic carbocycles. The van der Waals surface area contributed by atoms with Crippen LogP contribution in [0.5, 0.6) is 0 Å². The second-order valence-corrected chi connectivity index (χ2v) is 3.05. The lowest BCUT2D eigenvalue weighted by atomic mass is 10.3. The minimum atomic E-state index is 0.894. The van der Waals surface area contributed by atoms with Crippen LogP contribution in [0.15, 0.2) is 19.1 Å². The summed E-state index contributed by atoms with van der Waals surface area (Å²) in [5.74, 6) is 0.894. The number of anilines is 1. The molecule has 0 spiro atoms. The largest absolute Gasteiger partial charge is 0.336 e. The van der Waals surface area contributed by atoms with Crippen molar-refractivity contribution >= 4 is 20.5 Å². The van der Waals surface area contributed by atoms with E-state index < -0.39 is 0 Å². The first-order valence-corrected chi connectivity index (χ1v) is 4.17. The summed E-state index contributed by atoms with van der Waals surface area (Å²) in [5, 5.41) is 0. The van der Waals surface area contributed by atoms with E-state index in [1.54, 1.807) is 12.5 Å². The highest BCUT2D eigenvalue weighted by molar-refractivity contribution is 7.27. The van der Waals surface area contributed by atoms with Gasteiger partial charge in [0.1, 0.15) is 12.1 Å². The quantitative estimate of drug-likeness (QED) is 0.634. The van der Waals surface area contributed by atoms with E-state index in [4.69, 9.17) is 0 Å². The zero-order chi connectivity index (χ0) is 9.14. The van der Waals surface area contributed by atoms with Gasteiger partial charge < -0.3 is 4.90 Å². The zero-order valence-corrected chi connectivity index (χ0v) is 8.44. The van der Waals surface area contributed by atoms with Crippen molar-refractivity contribution in [2.45, 2.75) is 6.92 Å². The molecule has 1 unspecified atom stereocenters. The normalized spacial score (nSPS) is 9.58. The van der Waals surface area contributed by atoms with Crippen molar-refractivity contribution in [2.24, 2.45) is 0 Å². The molecule has 1 aromatic rings. The molecular weight excluding hydrogens is 169 g/mol. The van der Waals surface area contributed by atoms with Crippen LogP contribution in [0.4, 0.5) is 5.82 Å². The first-order valence-electron chi connectivity index (χ1n) is 3.59. The van der Waals surface area contributed by atoms with E-state index in [1.807, 2.05) is 18.9 Å². The van der Waals surface area contributed by atoms with Gasteiger partial charge in [0.25, 0.3) is 0 Å². The van der Waals surface area contributed by atoms with E-state index in [1.165, 1.54) is 0 Å². The van der Waals surface area contributed by atoms with Crippen LogP contribution in [0, 0.1) is 6.92 Å². The highest BCUT2D eigenvalue weighted by atomic mass is 31.0. The molecule has 1 rings (SSSR count). The average molecular weight is 181 g/mol. The van der Waals surface area contributed by atoms with Gasteiger partial charge in [0.05, 0.1) is 5.44 Å². The fourth-order valence-corrected chi connectivity index (χ4v) is 1.09. The molecule has 4 heteroatoms. The van der Waals surface area contributed by atoms with E-state index in [2.05, 4.69) is 25.8 Å². The molecule has 1 atom stereocenters. The summed E-state index contributed by atoms with van der Waals surface area (Å²) >= 11 is 0. The third kappa shape index (κ3) is 1.62. The van der Waals surface area contributed by atoms with Crippen LogP contribution in [-0.4, -0.2) is 17.0 Å². The Hall–Kier alpha value is -0.950. The zero-order valence-electron chi connectivity index (χ0n) is 7.28. The second-order valence-electron chi connectivity index (χ2n) is 2.50. The molecule has 0 saturated carbocycles. The second kappa shape index (κ2) is 3.63. The van der Waals surface area contributed by atoms with Gasteiger partial charge in [0.2, 0.25) is 0 Å². The van der Waals surface area contributed by atoms with Crippen molar-refractivity contribution in [3.63, 3.8) is 0 Å². The fraction of sp³-hybridized carbons (Fsp3) is 0.250. The highest BCUT2D eigenvalue weighted by Crippen LogP contribution is 2.12. The van der Waals surface area contributed by atoms with Gasteiger partial charge in [-0.2, -0.15) is 0 Å². The van der Waals surface area contributed by atoms with Gasteiger partial charge in [0.15, 0.2) is 0 Å². The molecule has 0 N–H and O–H groups in total. The minimum Gasteiger partial charge on any atom is -0.336 e. The first-order chi connectivity index (χ1) is 5.66. The molecule has 3 nitrogen and oxygen atoms in total. The third-order valence-electron chi connectivity index (χ3n) is 1.70. The molecule has 0 bridgehead atoms. The summed E-state index contributed by atoms with van der Waals surface area (Å²) in [6.07, 6.45) is 3.27. The topological polar surface area (TPSA) is 29.0 Å². The van der Waals surface area contributed by atoms with Crippen LogP contribution < -0.4 is 10.3 Å². The lowest BCUT2D eigenvalue weighted by molar-refractivity contribution is 1.07. The van der Waals surface area contributed by atoms with Crippen LogP contribution in [-0.2, 0) is 0 Å². The van der Waals surface area contributed by atoms with E-state index in [0.29, 0.717) is 0 Å². The average Bonchev–Trinajstić information content (AvgIpc) is 2.08. The van der Waals surface area contributed by atoms with Crippen LogP contribution >= 0.6 is 9.24 Å². The molecule has 0 saturated heterocycles. The van der Waals surface area contributed by atoms with Crippen molar-refractivity contribution < 1.29 is 0 Å². The van der Waals surface area contributed by atoms with Crippen LogP contribution in [0.1, 0.15) is 5.56 Å². The van der Waals surface area contributed by atoms with E-state index in [9.17, 15) is 0 Å². The molecule has 0 aromatic carbocycles. The van der Waals surface area contributed by atoms with Gasteiger partial charge in [-0.3, -0.25) is 0 Å². The molecule has 0 fully saturated rings. The van der Waals surface area contributed by atoms with Crippen molar-refractivity contribution in [1.82, 2.24) is 9.97 Å². The van der Waals surface area contributed by atoms with Gasteiger partial charge in [-0.25, -0.2) is 9.97 Å². The van der Waals surface area contributed by atoms with E-state index in [0.717, 1.165) is 16.8 Å². The van der Waals surface area contributed by atoms with Crippen molar-refractivity contribution in [2.75, 3.05) is 11.9 Å². The van der Waals surface area contributed by atoms with Crippen LogP contribution in [0.2, 0.25) is 0 Å². The monoisotopic (exact) mass is 181 g/mol. The number of nitrogens with zero attached hydrogens (tertiary/aromatic N) is 3. The molecular formula is C8H12N3P.